The van der Waals surface area contributed by atoms with Gasteiger partial charge in [-0.1, -0.05) is 95.1 Å². The number of rotatable bonds is 7. The summed E-state index contributed by atoms with van der Waals surface area (Å²) in [7, 11) is -1.61. The van der Waals surface area contributed by atoms with Crippen LogP contribution in [0.3, 0.4) is 0 Å². The number of fused-ring (bicyclic) bond motifs is 1. The third-order valence-corrected chi connectivity index (χ3v) is 13.6. The number of ketones is 1. The van der Waals surface area contributed by atoms with Gasteiger partial charge < -0.3 is 0 Å². The summed E-state index contributed by atoms with van der Waals surface area (Å²) in [6.45, 7) is 9.17. The van der Waals surface area contributed by atoms with Crippen LogP contribution in [0.4, 0.5) is 0 Å². The normalized spacial score (nSPS) is 23.3. The van der Waals surface area contributed by atoms with E-state index < -0.39 is 7.26 Å². The summed E-state index contributed by atoms with van der Waals surface area (Å²) in [6, 6.07) is 33.6. The van der Waals surface area contributed by atoms with Gasteiger partial charge in [-0.15, -0.1) is 0 Å². The van der Waals surface area contributed by atoms with Gasteiger partial charge in [0.2, 0.25) is 0 Å². The Morgan fingerprint density at radius 1 is 0.811 bits per heavy atom. The molecule has 0 radical (unpaired) electrons. The second-order valence-electron chi connectivity index (χ2n) is 11.9. The molecule has 0 aromatic heterocycles. The number of hydrogen-bond donors (Lipinski definition) is 0. The van der Waals surface area contributed by atoms with E-state index in [4.69, 9.17) is 0 Å². The van der Waals surface area contributed by atoms with Gasteiger partial charge in [-0.25, -0.2) is 0 Å². The van der Waals surface area contributed by atoms with Gasteiger partial charge >= 0.3 is 0 Å². The molecule has 37 heavy (non-hydrogen) atoms. The predicted octanol–water partition coefficient (Wildman–Crippen LogP) is 8.21. The van der Waals surface area contributed by atoms with Crippen molar-refractivity contribution in [3.8, 4) is 0 Å². The minimum absolute atomic E-state index is 0.0810. The van der Waals surface area contributed by atoms with Crippen molar-refractivity contribution in [1.29, 1.82) is 0 Å². The maximum Gasteiger partial charge on any atom is 0.139 e. The van der Waals surface area contributed by atoms with Crippen molar-refractivity contribution >= 4 is 29.0 Å². The summed E-state index contributed by atoms with van der Waals surface area (Å²) in [5, 5.41) is 4.49. The molecule has 2 aliphatic carbocycles. The highest BCUT2D eigenvalue weighted by Crippen LogP contribution is 2.56. The molecule has 1 nitrogen and oxygen atoms in total. The average molecular weight is 514 g/mol. The van der Waals surface area contributed by atoms with Crippen LogP contribution in [0.5, 0.6) is 0 Å². The Bertz CT molecular complexity index is 1010. The van der Waals surface area contributed by atoms with Crippen LogP contribution in [-0.2, 0) is 4.79 Å². The molecule has 0 N–H and O–H groups in total. The highest BCUT2D eigenvalue weighted by atomic mass is 31.2. The Hall–Kier alpha value is -2.24. The second kappa shape index (κ2) is 12.5. The molecule has 0 spiro atoms. The fourth-order valence-corrected chi connectivity index (χ4v) is 11.3. The number of Topliss-reactive ketones (excluding diaryl/α,β-unsaturated/α-hetero) is 1. The minimum atomic E-state index is -1.61. The first kappa shape index (κ1) is 27.8. The van der Waals surface area contributed by atoms with E-state index in [-0.39, 0.29) is 5.41 Å². The van der Waals surface area contributed by atoms with Crippen LogP contribution in [0.2, 0.25) is 0 Å². The Morgan fingerprint density at radius 3 is 1.73 bits per heavy atom. The lowest BCUT2D eigenvalue weighted by molar-refractivity contribution is -0.128. The molecule has 2 saturated carbocycles. The lowest BCUT2D eigenvalue weighted by Gasteiger charge is -2.39. The van der Waals surface area contributed by atoms with Gasteiger partial charge in [-0.2, -0.15) is 0 Å². The molecule has 3 aromatic carbocycles. The SMILES string of the molecule is CC(C)CCC[P+](c1ccccc1)(c1ccccc1)c1ccccc1.C[C@H]1CCC[C@]2(C)C(=O)CC[C@@H]12. The summed E-state index contributed by atoms with van der Waals surface area (Å²) in [4.78, 5) is 11.7. The maximum absolute atomic E-state index is 11.7. The molecule has 3 aromatic rings. The van der Waals surface area contributed by atoms with Gasteiger partial charge in [0.25, 0.3) is 0 Å². The van der Waals surface area contributed by atoms with E-state index in [0.29, 0.717) is 11.7 Å². The zero-order valence-corrected chi connectivity index (χ0v) is 24.3. The number of hydrogen-bond acceptors (Lipinski definition) is 1. The van der Waals surface area contributed by atoms with E-state index in [2.05, 4.69) is 119 Å². The Labute approximate surface area is 226 Å². The predicted molar refractivity (Wildman–Crippen MR) is 163 cm³/mol. The average Bonchev–Trinajstić information content (AvgIpc) is 3.23. The molecule has 0 heterocycles. The Morgan fingerprint density at radius 2 is 1.30 bits per heavy atom. The summed E-state index contributed by atoms with van der Waals surface area (Å²) in [6.07, 6.45) is 9.57. The van der Waals surface area contributed by atoms with Crippen molar-refractivity contribution in [2.45, 2.75) is 72.6 Å². The largest absolute Gasteiger partial charge is 0.299 e. The van der Waals surface area contributed by atoms with Crippen molar-refractivity contribution in [3.63, 3.8) is 0 Å². The fraction of sp³-hybridized carbons (Fsp3) is 0.457. The van der Waals surface area contributed by atoms with Gasteiger partial charge in [0, 0.05) is 11.8 Å². The van der Waals surface area contributed by atoms with Crippen molar-refractivity contribution in [2.75, 3.05) is 6.16 Å². The van der Waals surface area contributed by atoms with Gasteiger partial charge in [-0.05, 0) is 79.8 Å². The second-order valence-corrected chi connectivity index (χ2v) is 15.5. The monoisotopic (exact) mass is 513 g/mol. The highest BCUT2D eigenvalue weighted by Gasteiger charge is 2.49. The van der Waals surface area contributed by atoms with Gasteiger partial charge in [-0.3, -0.25) is 4.79 Å². The Kier molecular flexibility index (Phi) is 9.41. The van der Waals surface area contributed by atoms with Gasteiger partial charge in [0.15, 0.2) is 0 Å². The summed E-state index contributed by atoms with van der Waals surface area (Å²) >= 11 is 0. The summed E-state index contributed by atoms with van der Waals surface area (Å²) in [5.74, 6) is 2.79. The summed E-state index contributed by atoms with van der Waals surface area (Å²) in [5.41, 5.74) is 0.0810. The van der Waals surface area contributed by atoms with Crippen LogP contribution in [-0.4, -0.2) is 11.9 Å². The first-order chi connectivity index (χ1) is 17.9. The molecule has 5 rings (SSSR count). The quantitative estimate of drug-likeness (QED) is 0.291. The maximum atomic E-state index is 11.7. The van der Waals surface area contributed by atoms with Crippen LogP contribution in [0.15, 0.2) is 91.0 Å². The zero-order valence-electron chi connectivity index (χ0n) is 23.4. The fourth-order valence-electron chi connectivity index (χ4n) is 6.95. The molecular weight excluding hydrogens is 467 g/mol. The molecule has 0 saturated heterocycles. The van der Waals surface area contributed by atoms with E-state index in [1.54, 1.807) is 0 Å². The topological polar surface area (TPSA) is 17.1 Å². The number of carbonyl (C=O) groups excluding carboxylic acids is 1. The first-order valence-electron chi connectivity index (χ1n) is 14.5. The van der Waals surface area contributed by atoms with E-state index in [1.165, 1.54) is 47.8 Å². The van der Waals surface area contributed by atoms with Crippen molar-refractivity contribution < 1.29 is 4.79 Å². The molecule has 196 valence electrons. The van der Waals surface area contributed by atoms with Crippen LogP contribution in [0, 0.1) is 23.2 Å². The van der Waals surface area contributed by atoms with Crippen molar-refractivity contribution in [3.05, 3.63) is 91.0 Å². The molecular formula is C35H46OP+. The lowest BCUT2D eigenvalue weighted by atomic mass is 9.65. The van der Waals surface area contributed by atoms with Crippen LogP contribution < -0.4 is 15.9 Å². The van der Waals surface area contributed by atoms with E-state index in [1.807, 2.05) is 0 Å². The molecule has 2 aliphatic rings. The zero-order chi connectivity index (χ0) is 26.3. The first-order valence-corrected chi connectivity index (χ1v) is 16.4. The minimum Gasteiger partial charge on any atom is -0.299 e. The van der Waals surface area contributed by atoms with Gasteiger partial charge in [0.1, 0.15) is 29.0 Å². The number of benzene rings is 3. The standard InChI is InChI=1S/C24H28P.C11H18O/c1-21(2)13-12-20-25(22-14-6-3-7-15-22,23-16-8-4-9-17-23)24-18-10-5-11-19-24;1-8-4-3-7-11(2)9(8)5-6-10(11)12/h3-11,14-19,21H,12-13,20H2,1-2H3;8-9H,3-7H2,1-2H3/q+1;/t;8-,9-,11-/m.0/s1. The molecule has 2 heteroatoms. The van der Waals surface area contributed by atoms with Crippen molar-refractivity contribution in [2.24, 2.45) is 23.2 Å². The molecule has 3 atom stereocenters. The smallest absolute Gasteiger partial charge is 0.139 e. The Balaban J connectivity index is 0.000000222. The van der Waals surface area contributed by atoms with E-state index in [0.717, 1.165) is 31.1 Å². The summed E-state index contributed by atoms with van der Waals surface area (Å²) < 4.78 is 0. The highest BCUT2D eigenvalue weighted by molar-refractivity contribution is 7.95. The van der Waals surface area contributed by atoms with E-state index in [9.17, 15) is 4.79 Å². The van der Waals surface area contributed by atoms with Crippen LogP contribution in [0.25, 0.3) is 0 Å². The molecule has 0 bridgehead atoms. The lowest BCUT2D eigenvalue weighted by Crippen LogP contribution is -2.36. The molecule has 0 aliphatic heterocycles. The van der Waals surface area contributed by atoms with E-state index >= 15 is 0 Å². The third kappa shape index (κ3) is 6.09. The number of carbonyl (C=O) groups is 1. The molecule has 0 unspecified atom stereocenters. The van der Waals surface area contributed by atoms with Crippen LogP contribution >= 0.6 is 7.26 Å². The third-order valence-electron chi connectivity index (χ3n) is 9.05. The van der Waals surface area contributed by atoms with Crippen molar-refractivity contribution in [1.82, 2.24) is 0 Å². The van der Waals surface area contributed by atoms with Gasteiger partial charge in [0.05, 0.1) is 6.16 Å². The molecule has 0 amide bonds. The van der Waals surface area contributed by atoms with Crippen LogP contribution in [0.1, 0.15) is 72.6 Å². The molecule has 2 fully saturated rings.